The van der Waals surface area contributed by atoms with Gasteiger partial charge in [0.2, 0.25) is 0 Å². The summed E-state index contributed by atoms with van der Waals surface area (Å²) in [7, 11) is 1.66. The number of thioether (sulfide) groups is 1. The van der Waals surface area contributed by atoms with Gasteiger partial charge in [0.1, 0.15) is 5.75 Å². The molecule has 1 aromatic carbocycles. The van der Waals surface area contributed by atoms with Crippen LogP contribution in [-0.4, -0.2) is 12.1 Å². The number of nitrogens with two attached hydrogens (primary N) is 1. The molecule has 0 fully saturated rings. The number of pyridine rings is 1. The molecule has 0 unspecified atom stereocenters. The van der Waals surface area contributed by atoms with Gasteiger partial charge < -0.3 is 10.5 Å². The molecule has 0 saturated carbocycles. The normalized spacial score (nSPS) is 10.3. The van der Waals surface area contributed by atoms with Crippen molar-refractivity contribution < 1.29 is 4.74 Å². The van der Waals surface area contributed by atoms with Crippen LogP contribution in [0.4, 0.5) is 5.69 Å². The summed E-state index contributed by atoms with van der Waals surface area (Å²) in [4.78, 5) is 5.55. The molecule has 0 spiro atoms. The maximum atomic E-state index is 5.73. The predicted octanol–water partition coefficient (Wildman–Crippen LogP) is 3.27. The van der Waals surface area contributed by atoms with Crippen molar-refractivity contribution in [2.24, 2.45) is 0 Å². The van der Waals surface area contributed by atoms with Gasteiger partial charge in [-0.2, -0.15) is 0 Å². The second kappa shape index (κ2) is 5.78. The number of benzene rings is 1. The fourth-order valence-corrected chi connectivity index (χ4v) is 2.55. The molecule has 0 aliphatic carbocycles. The largest absolute Gasteiger partial charge is 0.496 e. The van der Waals surface area contributed by atoms with Crippen LogP contribution in [0.1, 0.15) is 11.4 Å². The molecule has 2 N–H and O–H groups in total. The van der Waals surface area contributed by atoms with Crippen LogP contribution in [0.15, 0.2) is 41.3 Å². The maximum absolute atomic E-state index is 5.73. The van der Waals surface area contributed by atoms with Crippen LogP contribution in [0.2, 0.25) is 0 Å². The fraction of sp³-hybridized carbons (Fsp3) is 0.214. The standard InChI is InChI=1S/C14H16N2OS/c1-10-4-3-5-12(16-10)9-18-14-7-6-11(15)8-13(14)17-2/h3-8H,9,15H2,1-2H3. The number of ether oxygens (including phenoxy) is 1. The molecular weight excluding hydrogens is 244 g/mol. The lowest BCUT2D eigenvalue weighted by molar-refractivity contribution is 0.405. The van der Waals surface area contributed by atoms with Gasteiger partial charge in [-0.3, -0.25) is 4.98 Å². The lowest BCUT2D eigenvalue weighted by Crippen LogP contribution is -1.92. The summed E-state index contributed by atoms with van der Waals surface area (Å²) in [5.74, 6) is 1.63. The van der Waals surface area contributed by atoms with E-state index in [1.165, 1.54) is 0 Å². The van der Waals surface area contributed by atoms with E-state index >= 15 is 0 Å². The van der Waals surface area contributed by atoms with E-state index in [9.17, 15) is 0 Å². The van der Waals surface area contributed by atoms with E-state index < -0.39 is 0 Å². The summed E-state index contributed by atoms with van der Waals surface area (Å²) in [6, 6.07) is 11.8. The van der Waals surface area contributed by atoms with Crippen molar-refractivity contribution in [2.75, 3.05) is 12.8 Å². The molecule has 18 heavy (non-hydrogen) atoms. The number of rotatable bonds is 4. The van der Waals surface area contributed by atoms with Crippen LogP contribution >= 0.6 is 11.8 Å². The monoisotopic (exact) mass is 260 g/mol. The van der Waals surface area contributed by atoms with Crippen LogP contribution in [0.25, 0.3) is 0 Å². The van der Waals surface area contributed by atoms with Gasteiger partial charge in [-0.15, -0.1) is 11.8 Å². The quantitative estimate of drug-likeness (QED) is 0.677. The Balaban J connectivity index is 2.10. The highest BCUT2D eigenvalue weighted by Crippen LogP contribution is 2.32. The third-order valence-corrected chi connectivity index (χ3v) is 3.60. The Hall–Kier alpha value is -1.68. The highest BCUT2D eigenvalue weighted by Gasteiger charge is 2.05. The minimum Gasteiger partial charge on any atom is -0.496 e. The van der Waals surface area contributed by atoms with Crippen LogP contribution in [0, 0.1) is 6.92 Å². The number of aromatic nitrogens is 1. The second-order valence-corrected chi connectivity index (χ2v) is 4.99. The number of nitrogen functional groups attached to an aromatic ring is 1. The van der Waals surface area contributed by atoms with Crippen LogP contribution < -0.4 is 10.5 Å². The van der Waals surface area contributed by atoms with Gasteiger partial charge >= 0.3 is 0 Å². The Morgan fingerprint density at radius 3 is 2.83 bits per heavy atom. The van der Waals surface area contributed by atoms with Crippen LogP contribution in [0.3, 0.4) is 0 Å². The van der Waals surface area contributed by atoms with E-state index in [-0.39, 0.29) is 0 Å². The lowest BCUT2D eigenvalue weighted by atomic mass is 10.3. The molecule has 0 atom stereocenters. The van der Waals surface area contributed by atoms with Crippen LogP contribution in [0.5, 0.6) is 5.75 Å². The molecule has 4 heteroatoms. The maximum Gasteiger partial charge on any atom is 0.134 e. The average Bonchev–Trinajstić information content (AvgIpc) is 2.37. The first-order chi connectivity index (χ1) is 8.69. The van der Waals surface area contributed by atoms with Crippen molar-refractivity contribution in [3.63, 3.8) is 0 Å². The highest BCUT2D eigenvalue weighted by molar-refractivity contribution is 7.98. The number of nitrogens with zero attached hydrogens (tertiary/aromatic N) is 1. The molecule has 1 aromatic heterocycles. The molecule has 3 nitrogen and oxygen atoms in total. The zero-order chi connectivity index (χ0) is 13.0. The van der Waals surface area contributed by atoms with Crippen molar-refractivity contribution in [2.45, 2.75) is 17.6 Å². The SMILES string of the molecule is COc1cc(N)ccc1SCc1cccc(C)n1. The van der Waals surface area contributed by atoms with Gasteiger partial charge in [0, 0.05) is 28.1 Å². The number of hydrogen-bond donors (Lipinski definition) is 1. The topological polar surface area (TPSA) is 48.1 Å². The summed E-state index contributed by atoms with van der Waals surface area (Å²) in [6.07, 6.45) is 0. The van der Waals surface area contributed by atoms with Gasteiger partial charge in [0.15, 0.2) is 0 Å². The molecule has 94 valence electrons. The first-order valence-corrected chi connectivity index (χ1v) is 6.66. The van der Waals surface area contributed by atoms with Crippen molar-refractivity contribution in [1.29, 1.82) is 0 Å². The van der Waals surface area contributed by atoms with Crippen molar-refractivity contribution in [3.05, 3.63) is 47.8 Å². The highest BCUT2D eigenvalue weighted by atomic mass is 32.2. The Labute approximate surface area is 111 Å². The number of anilines is 1. The third-order valence-electron chi connectivity index (χ3n) is 2.51. The van der Waals surface area contributed by atoms with E-state index in [4.69, 9.17) is 10.5 Å². The minimum absolute atomic E-state index is 0.713. The second-order valence-electron chi connectivity index (χ2n) is 3.97. The number of methoxy groups -OCH3 is 1. The van der Waals surface area contributed by atoms with Crippen molar-refractivity contribution in [1.82, 2.24) is 4.98 Å². The van der Waals surface area contributed by atoms with E-state index in [0.717, 1.165) is 27.8 Å². The molecule has 0 radical (unpaired) electrons. The zero-order valence-electron chi connectivity index (χ0n) is 10.5. The first-order valence-electron chi connectivity index (χ1n) is 5.68. The van der Waals surface area contributed by atoms with E-state index in [1.54, 1.807) is 18.9 Å². The van der Waals surface area contributed by atoms with E-state index in [2.05, 4.69) is 4.98 Å². The molecule has 0 amide bonds. The average molecular weight is 260 g/mol. The molecular formula is C14H16N2OS. The Morgan fingerprint density at radius 2 is 2.11 bits per heavy atom. The van der Waals surface area contributed by atoms with Gasteiger partial charge in [-0.25, -0.2) is 0 Å². The third kappa shape index (κ3) is 3.17. The molecule has 1 heterocycles. The summed E-state index contributed by atoms with van der Waals surface area (Å²) in [5.41, 5.74) is 8.55. The van der Waals surface area contributed by atoms with Crippen molar-refractivity contribution >= 4 is 17.4 Å². The number of hydrogen-bond acceptors (Lipinski definition) is 4. The number of aryl methyl sites for hydroxylation is 1. The lowest BCUT2D eigenvalue weighted by Gasteiger charge is -2.08. The van der Waals surface area contributed by atoms with Gasteiger partial charge in [-0.05, 0) is 31.2 Å². The van der Waals surface area contributed by atoms with Crippen molar-refractivity contribution in [3.8, 4) is 5.75 Å². The van der Waals surface area contributed by atoms with E-state index in [0.29, 0.717) is 5.69 Å². The fourth-order valence-electron chi connectivity index (χ4n) is 1.64. The minimum atomic E-state index is 0.713. The molecule has 2 aromatic rings. The molecule has 0 saturated heterocycles. The van der Waals surface area contributed by atoms with Gasteiger partial charge in [0.05, 0.1) is 12.8 Å². The molecule has 0 aliphatic heterocycles. The summed E-state index contributed by atoms with van der Waals surface area (Å²) < 4.78 is 5.32. The van der Waals surface area contributed by atoms with Gasteiger partial charge in [0.25, 0.3) is 0 Å². The molecule has 0 aliphatic rings. The molecule has 0 bridgehead atoms. The summed E-state index contributed by atoms with van der Waals surface area (Å²) in [6.45, 7) is 2.00. The Bertz CT molecular complexity index is 543. The smallest absolute Gasteiger partial charge is 0.134 e. The van der Waals surface area contributed by atoms with Gasteiger partial charge in [-0.1, -0.05) is 6.07 Å². The molecule has 2 rings (SSSR count). The van der Waals surface area contributed by atoms with Crippen LogP contribution in [-0.2, 0) is 5.75 Å². The Morgan fingerprint density at radius 1 is 1.28 bits per heavy atom. The Kier molecular flexibility index (Phi) is 4.10. The predicted molar refractivity (Wildman–Crippen MR) is 75.9 cm³/mol. The zero-order valence-corrected chi connectivity index (χ0v) is 11.3. The van der Waals surface area contributed by atoms with E-state index in [1.807, 2.05) is 43.3 Å². The summed E-state index contributed by atoms with van der Waals surface area (Å²) in [5, 5.41) is 0. The first kappa shape index (κ1) is 12.8. The summed E-state index contributed by atoms with van der Waals surface area (Å²) >= 11 is 1.70.